The first kappa shape index (κ1) is 15.7. The number of nitrogens with one attached hydrogen (secondary N) is 1. The van der Waals surface area contributed by atoms with Gasteiger partial charge in [-0.2, -0.15) is 4.98 Å². The molecule has 5 rings (SSSR count). The molecule has 1 saturated heterocycles. The summed E-state index contributed by atoms with van der Waals surface area (Å²) in [5.41, 5.74) is 2.62. The van der Waals surface area contributed by atoms with Crippen molar-refractivity contribution >= 4 is 34.1 Å². The quantitative estimate of drug-likeness (QED) is 0.586. The van der Waals surface area contributed by atoms with Gasteiger partial charge in [-0.05, 0) is 47.8 Å². The molecule has 4 aromatic rings. The number of nitrogens with zero attached hydrogens (tertiary/aromatic N) is 7. The third-order valence-electron chi connectivity index (χ3n) is 4.66. The standard InChI is InChI=1S/C17H16N8O2/c26-16(15-20-17-18-7-4-10-25(17)21-15)19-11-5-6-12(14-13(11)22-27-23-14)24-8-2-1-3-9-24/h4-7,10H,1-3,8-9H2,(H,19,26). The van der Waals surface area contributed by atoms with E-state index in [1.807, 2.05) is 12.1 Å². The van der Waals surface area contributed by atoms with Gasteiger partial charge >= 0.3 is 0 Å². The molecule has 3 aromatic heterocycles. The van der Waals surface area contributed by atoms with Gasteiger partial charge in [0.2, 0.25) is 5.82 Å². The number of aromatic nitrogens is 6. The molecule has 4 heterocycles. The lowest BCUT2D eigenvalue weighted by Gasteiger charge is -2.28. The van der Waals surface area contributed by atoms with Crippen LogP contribution >= 0.6 is 0 Å². The fraction of sp³-hybridized carbons (Fsp3) is 0.294. The van der Waals surface area contributed by atoms with Crippen LogP contribution in [0.2, 0.25) is 0 Å². The first-order valence-corrected chi connectivity index (χ1v) is 8.78. The highest BCUT2D eigenvalue weighted by atomic mass is 16.6. The molecule has 0 unspecified atom stereocenters. The number of anilines is 2. The van der Waals surface area contributed by atoms with E-state index in [1.165, 1.54) is 10.9 Å². The second-order valence-electron chi connectivity index (χ2n) is 6.40. The molecular weight excluding hydrogens is 348 g/mol. The monoisotopic (exact) mass is 364 g/mol. The fourth-order valence-electron chi connectivity index (χ4n) is 3.35. The predicted molar refractivity (Wildman–Crippen MR) is 96.6 cm³/mol. The van der Waals surface area contributed by atoms with Gasteiger partial charge in [-0.15, -0.1) is 5.10 Å². The molecule has 1 aliphatic heterocycles. The number of piperidine rings is 1. The minimum atomic E-state index is -0.449. The lowest BCUT2D eigenvalue weighted by Crippen LogP contribution is -2.29. The van der Waals surface area contributed by atoms with Crippen LogP contribution < -0.4 is 10.2 Å². The van der Waals surface area contributed by atoms with Crippen molar-refractivity contribution in [3.63, 3.8) is 0 Å². The largest absolute Gasteiger partial charge is 0.370 e. The number of benzene rings is 1. The van der Waals surface area contributed by atoms with Crippen molar-refractivity contribution in [2.24, 2.45) is 0 Å². The van der Waals surface area contributed by atoms with Crippen molar-refractivity contribution in [1.82, 2.24) is 29.9 Å². The van der Waals surface area contributed by atoms with Gasteiger partial charge in [-0.3, -0.25) is 4.79 Å². The van der Waals surface area contributed by atoms with E-state index in [9.17, 15) is 4.79 Å². The van der Waals surface area contributed by atoms with E-state index in [0.717, 1.165) is 31.6 Å². The molecule has 1 amide bonds. The average Bonchev–Trinajstić information content (AvgIpc) is 3.36. The van der Waals surface area contributed by atoms with E-state index in [2.05, 4.69) is 35.6 Å². The Bertz CT molecular complexity index is 1100. The second-order valence-corrected chi connectivity index (χ2v) is 6.40. The Hall–Kier alpha value is -3.56. The normalized spacial score (nSPS) is 14.7. The highest BCUT2D eigenvalue weighted by Gasteiger charge is 2.21. The summed E-state index contributed by atoms with van der Waals surface area (Å²) in [6.45, 7) is 1.96. The molecule has 10 heteroatoms. The Kier molecular flexibility index (Phi) is 3.66. The van der Waals surface area contributed by atoms with Crippen molar-refractivity contribution in [1.29, 1.82) is 0 Å². The van der Waals surface area contributed by atoms with E-state index >= 15 is 0 Å². The van der Waals surface area contributed by atoms with Gasteiger partial charge in [0.15, 0.2) is 11.0 Å². The van der Waals surface area contributed by atoms with Crippen LogP contribution in [0, 0.1) is 0 Å². The molecule has 1 N–H and O–H groups in total. The molecule has 0 bridgehead atoms. The predicted octanol–water partition coefficient (Wildman–Crippen LogP) is 1.90. The first-order valence-electron chi connectivity index (χ1n) is 8.78. The summed E-state index contributed by atoms with van der Waals surface area (Å²) in [6.07, 6.45) is 6.82. The smallest absolute Gasteiger partial charge is 0.295 e. The van der Waals surface area contributed by atoms with Crippen molar-refractivity contribution in [3.8, 4) is 0 Å². The highest BCUT2D eigenvalue weighted by molar-refractivity contribution is 6.07. The van der Waals surface area contributed by atoms with Crippen LogP contribution in [-0.4, -0.2) is 48.9 Å². The van der Waals surface area contributed by atoms with Crippen LogP contribution in [0.4, 0.5) is 11.4 Å². The minimum Gasteiger partial charge on any atom is -0.370 e. The van der Waals surface area contributed by atoms with Crippen molar-refractivity contribution in [3.05, 3.63) is 36.4 Å². The van der Waals surface area contributed by atoms with Gasteiger partial charge in [-0.1, -0.05) is 0 Å². The number of fused-ring (bicyclic) bond motifs is 2. The second kappa shape index (κ2) is 6.31. The minimum absolute atomic E-state index is 0.0263. The molecule has 0 spiro atoms. The lowest BCUT2D eigenvalue weighted by molar-refractivity contribution is 0.101. The van der Waals surface area contributed by atoms with Gasteiger partial charge in [0, 0.05) is 25.5 Å². The molecule has 1 aromatic carbocycles. The van der Waals surface area contributed by atoms with E-state index in [1.54, 1.807) is 18.5 Å². The van der Waals surface area contributed by atoms with Gasteiger partial charge in [0.05, 0.1) is 11.4 Å². The lowest BCUT2D eigenvalue weighted by atomic mass is 10.1. The first-order chi connectivity index (χ1) is 13.3. The van der Waals surface area contributed by atoms with Crippen LogP contribution in [-0.2, 0) is 0 Å². The summed E-state index contributed by atoms with van der Waals surface area (Å²) in [4.78, 5) is 23.0. The zero-order chi connectivity index (χ0) is 18.2. The molecule has 0 aliphatic carbocycles. The number of rotatable bonds is 3. The number of hydrogen-bond donors (Lipinski definition) is 1. The maximum absolute atomic E-state index is 12.6. The molecule has 1 aliphatic rings. The van der Waals surface area contributed by atoms with Crippen molar-refractivity contribution in [2.45, 2.75) is 19.3 Å². The van der Waals surface area contributed by atoms with Crippen LogP contribution in [0.1, 0.15) is 29.9 Å². The van der Waals surface area contributed by atoms with Crippen LogP contribution in [0.15, 0.2) is 35.2 Å². The summed E-state index contributed by atoms with van der Waals surface area (Å²) >= 11 is 0. The molecule has 0 saturated carbocycles. The van der Waals surface area contributed by atoms with E-state index in [0.29, 0.717) is 22.5 Å². The zero-order valence-corrected chi connectivity index (χ0v) is 14.4. The topological polar surface area (TPSA) is 114 Å². The average molecular weight is 364 g/mol. The summed E-state index contributed by atoms with van der Waals surface area (Å²) < 4.78 is 6.40. The zero-order valence-electron chi connectivity index (χ0n) is 14.4. The summed E-state index contributed by atoms with van der Waals surface area (Å²) in [5, 5.41) is 14.9. The molecule has 27 heavy (non-hydrogen) atoms. The van der Waals surface area contributed by atoms with Crippen LogP contribution in [0.3, 0.4) is 0 Å². The third-order valence-corrected chi connectivity index (χ3v) is 4.66. The SMILES string of the molecule is O=C(Nc1ccc(N2CCCCC2)c2nonc12)c1nc2ncccn2n1. The molecule has 10 nitrogen and oxygen atoms in total. The number of amides is 1. The summed E-state index contributed by atoms with van der Waals surface area (Å²) in [6, 6.07) is 5.46. The van der Waals surface area contributed by atoms with Crippen molar-refractivity contribution < 1.29 is 9.42 Å². The Morgan fingerprint density at radius 2 is 1.96 bits per heavy atom. The van der Waals surface area contributed by atoms with Crippen LogP contribution in [0.25, 0.3) is 16.8 Å². The number of hydrogen-bond acceptors (Lipinski definition) is 8. The van der Waals surface area contributed by atoms with Crippen molar-refractivity contribution in [2.75, 3.05) is 23.3 Å². The third kappa shape index (κ3) is 2.75. The molecule has 1 fully saturated rings. The van der Waals surface area contributed by atoms with Gasteiger partial charge in [-0.25, -0.2) is 14.1 Å². The Morgan fingerprint density at radius 3 is 2.81 bits per heavy atom. The van der Waals surface area contributed by atoms with Gasteiger partial charge < -0.3 is 10.2 Å². The molecule has 0 atom stereocenters. The Labute approximate surface area is 153 Å². The summed E-state index contributed by atoms with van der Waals surface area (Å²) in [5.74, 6) is -0.0646. The van der Waals surface area contributed by atoms with Gasteiger partial charge in [0.25, 0.3) is 11.7 Å². The Balaban J connectivity index is 1.46. The van der Waals surface area contributed by atoms with Crippen LogP contribution in [0.5, 0.6) is 0 Å². The number of carbonyl (C=O) groups is 1. The van der Waals surface area contributed by atoms with E-state index in [-0.39, 0.29) is 5.82 Å². The maximum Gasteiger partial charge on any atom is 0.295 e. The number of carbonyl (C=O) groups excluding carboxylic acids is 1. The highest BCUT2D eigenvalue weighted by Crippen LogP contribution is 2.31. The summed E-state index contributed by atoms with van der Waals surface area (Å²) in [7, 11) is 0. The van der Waals surface area contributed by atoms with Gasteiger partial charge in [0.1, 0.15) is 0 Å². The maximum atomic E-state index is 12.6. The fourth-order valence-corrected chi connectivity index (χ4v) is 3.35. The molecule has 136 valence electrons. The van der Waals surface area contributed by atoms with E-state index in [4.69, 9.17) is 4.63 Å². The molecule has 0 radical (unpaired) electrons. The molecular formula is C17H16N8O2. The van der Waals surface area contributed by atoms with E-state index < -0.39 is 5.91 Å². The Morgan fingerprint density at radius 1 is 1.11 bits per heavy atom.